The molecule has 2 aliphatic heterocycles. The molecule has 2 aliphatic rings. The van der Waals surface area contributed by atoms with Crippen LogP contribution < -0.4 is 0 Å². The Kier molecular flexibility index (Phi) is 3.65. The van der Waals surface area contributed by atoms with Crippen molar-refractivity contribution in [1.29, 1.82) is 0 Å². The number of hydrogen-bond donors (Lipinski definition) is 0. The van der Waals surface area contributed by atoms with Gasteiger partial charge in [-0.2, -0.15) is 0 Å². The van der Waals surface area contributed by atoms with Gasteiger partial charge in [0.1, 0.15) is 0 Å². The maximum atomic E-state index is 12.3. The van der Waals surface area contributed by atoms with Gasteiger partial charge < -0.3 is 4.74 Å². The number of unbranched alkanes of at least 4 members (excludes halogenated alkanes) is 1. The second-order valence-electron chi connectivity index (χ2n) is 5.27. The van der Waals surface area contributed by atoms with E-state index in [0.717, 1.165) is 29.3 Å². The largest absolute Gasteiger partial charge is 0.371 e. The van der Waals surface area contributed by atoms with Crippen molar-refractivity contribution < 1.29 is 14.3 Å². The van der Waals surface area contributed by atoms with Crippen molar-refractivity contribution in [3.8, 4) is 0 Å². The summed E-state index contributed by atoms with van der Waals surface area (Å²) in [7, 11) is 0. The highest BCUT2D eigenvalue weighted by Crippen LogP contribution is 2.31. The van der Waals surface area contributed by atoms with Crippen molar-refractivity contribution in [3.63, 3.8) is 0 Å². The van der Waals surface area contributed by atoms with E-state index in [0.29, 0.717) is 24.3 Å². The first kappa shape index (κ1) is 13.8. The average molecular weight is 338 g/mol. The normalized spacial score (nSPS) is 20.5. The predicted octanol–water partition coefficient (Wildman–Crippen LogP) is 2.79. The van der Waals surface area contributed by atoms with Crippen LogP contribution in [0.3, 0.4) is 0 Å². The van der Waals surface area contributed by atoms with E-state index in [-0.39, 0.29) is 17.9 Å². The SMILES string of the molecule is CCCCc1cc2c(cc1Br)C(=O)N(CC1CO1)C2=O. The Morgan fingerprint density at radius 1 is 1.30 bits per heavy atom. The number of amides is 2. The fraction of sp³-hybridized carbons (Fsp3) is 0.467. The number of hydrogen-bond acceptors (Lipinski definition) is 3. The second kappa shape index (κ2) is 5.30. The Hall–Kier alpha value is -1.20. The van der Waals surface area contributed by atoms with Crippen molar-refractivity contribution in [2.75, 3.05) is 13.2 Å². The highest BCUT2D eigenvalue weighted by Gasteiger charge is 2.39. The molecule has 0 aromatic heterocycles. The number of halogens is 1. The second-order valence-corrected chi connectivity index (χ2v) is 6.12. The van der Waals surface area contributed by atoms with Crippen molar-refractivity contribution >= 4 is 27.7 Å². The summed E-state index contributed by atoms with van der Waals surface area (Å²) in [6.07, 6.45) is 3.11. The van der Waals surface area contributed by atoms with E-state index < -0.39 is 0 Å². The standard InChI is InChI=1S/C15H16BrNO3/c1-2-3-4-9-5-11-12(6-13(9)16)15(19)17(14(11)18)7-10-8-20-10/h5-6,10H,2-4,7-8H2,1H3. The van der Waals surface area contributed by atoms with Gasteiger partial charge in [-0.15, -0.1) is 0 Å². The summed E-state index contributed by atoms with van der Waals surface area (Å²) in [5.41, 5.74) is 2.13. The Labute approximate surface area is 126 Å². The number of carbonyl (C=O) groups is 2. The number of benzene rings is 1. The zero-order valence-corrected chi connectivity index (χ0v) is 12.9. The van der Waals surface area contributed by atoms with Gasteiger partial charge in [0.05, 0.1) is 30.4 Å². The maximum absolute atomic E-state index is 12.3. The number of aryl methyl sites for hydroxylation is 1. The Balaban J connectivity index is 1.90. The van der Waals surface area contributed by atoms with Crippen LogP contribution in [0.4, 0.5) is 0 Å². The number of imide groups is 1. The quantitative estimate of drug-likeness (QED) is 0.613. The van der Waals surface area contributed by atoms with Gasteiger partial charge in [0.2, 0.25) is 0 Å². The topological polar surface area (TPSA) is 49.9 Å². The van der Waals surface area contributed by atoms with Gasteiger partial charge in [-0.25, -0.2) is 0 Å². The molecular formula is C15H16BrNO3. The minimum atomic E-state index is -0.205. The number of rotatable bonds is 5. The maximum Gasteiger partial charge on any atom is 0.261 e. The van der Waals surface area contributed by atoms with Gasteiger partial charge in [0.25, 0.3) is 11.8 Å². The van der Waals surface area contributed by atoms with Crippen molar-refractivity contribution in [2.24, 2.45) is 0 Å². The Bertz CT molecular complexity index is 581. The summed E-state index contributed by atoms with van der Waals surface area (Å²) < 4.78 is 6.02. The molecule has 5 heteroatoms. The number of epoxide rings is 1. The van der Waals surface area contributed by atoms with Crippen LogP contribution in [0.2, 0.25) is 0 Å². The highest BCUT2D eigenvalue weighted by molar-refractivity contribution is 9.10. The minimum Gasteiger partial charge on any atom is -0.371 e. The fourth-order valence-corrected chi connectivity index (χ4v) is 3.00. The van der Waals surface area contributed by atoms with Gasteiger partial charge in [0, 0.05) is 4.47 Å². The van der Waals surface area contributed by atoms with Gasteiger partial charge in [0.15, 0.2) is 0 Å². The summed E-state index contributed by atoms with van der Waals surface area (Å²) in [4.78, 5) is 25.9. The molecule has 1 unspecified atom stereocenters. The number of fused-ring (bicyclic) bond motifs is 1. The van der Waals surface area contributed by atoms with Gasteiger partial charge in [-0.1, -0.05) is 29.3 Å². The van der Waals surface area contributed by atoms with Crippen molar-refractivity contribution in [2.45, 2.75) is 32.3 Å². The highest BCUT2D eigenvalue weighted by atomic mass is 79.9. The summed E-state index contributed by atoms with van der Waals surface area (Å²) >= 11 is 3.50. The lowest BCUT2D eigenvalue weighted by atomic mass is 10.0. The molecule has 2 heterocycles. The fourth-order valence-electron chi connectivity index (χ4n) is 2.46. The molecule has 0 saturated carbocycles. The summed E-state index contributed by atoms with van der Waals surface area (Å²) in [5.74, 6) is -0.394. The molecule has 1 fully saturated rings. The molecule has 0 N–H and O–H groups in total. The van der Waals surface area contributed by atoms with Gasteiger partial charge >= 0.3 is 0 Å². The van der Waals surface area contributed by atoms with Gasteiger partial charge in [-0.3, -0.25) is 14.5 Å². The van der Waals surface area contributed by atoms with Crippen LogP contribution >= 0.6 is 15.9 Å². The zero-order chi connectivity index (χ0) is 14.3. The molecule has 1 aromatic carbocycles. The third-order valence-corrected chi connectivity index (χ3v) is 4.46. The molecule has 2 amide bonds. The van der Waals surface area contributed by atoms with Gasteiger partial charge in [-0.05, 0) is 30.5 Å². The summed E-state index contributed by atoms with van der Waals surface area (Å²) in [6.45, 7) is 3.14. The monoisotopic (exact) mass is 337 g/mol. The molecule has 4 nitrogen and oxygen atoms in total. The third-order valence-electron chi connectivity index (χ3n) is 3.73. The summed E-state index contributed by atoms with van der Waals surface area (Å²) in [5, 5.41) is 0. The molecule has 1 atom stereocenters. The van der Waals surface area contributed by atoms with E-state index in [9.17, 15) is 9.59 Å². The third kappa shape index (κ3) is 2.40. The smallest absolute Gasteiger partial charge is 0.261 e. The summed E-state index contributed by atoms with van der Waals surface area (Å²) in [6, 6.07) is 3.65. The Morgan fingerprint density at radius 3 is 2.55 bits per heavy atom. The van der Waals surface area contributed by atoms with Crippen LogP contribution in [-0.4, -0.2) is 36.0 Å². The first-order valence-electron chi connectivity index (χ1n) is 6.92. The zero-order valence-electron chi connectivity index (χ0n) is 11.3. The van der Waals surface area contributed by atoms with E-state index in [2.05, 4.69) is 22.9 Å². The van der Waals surface area contributed by atoms with E-state index >= 15 is 0 Å². The number of ether oxygens (including phenoxy) is 1. The van der Waals surface area contributed by atoms with Crippen LogP contribution in [0, 0.1) is 0 Å². The molecule has 0 radical (unpaired) electrons. The number of nitrogens with zero attached hydrogens (tertiary/aromatic N) is 1. The predicted molar refractivity (Wildman–Crippen MR) is 77.9 cm³/mol. The van der Waals surface area contributed by atoms with Crippen LogP contribution in [0.25, 0.3) is 0 Å². The molecule has 0 spiro atoms. The lowest BCUT2D eigenvalue weighted by molar-refractivity contribution is 0.0642. The lowest BCUT2D eigenvalue weighted by Crippen LogP contribution is -2.33. The molecule has 106 valence electrons. The van der Waals surface area contributed by atoms with Crippen LogP contribution in [0.5, 0.6) is 0 Å². The Morgan fingerprint density at radius 2 is 1.95 bits per heavy atom. The molecule has 0 aliphatic carbocycles. The van der Waals surface area contributed by atoms with Crippen molar-refractivity contribution in [1.82, 2.24) is 4.90 Å². The molecule has 3 rings (SSSR count). The minimum absolute atomic E-state index is 0.0280. The van der Waals surface area contributed by atoms with Crippen molar-refractivity contribution in [3.05, 3.63) is 33.3 Å². The van der Waals surface area contributed by atoms with Crippen LogP contribution in [-0.2, 0) is 11.2 Å². The first-order chi connectivity index (χ1) is 9.61. The van der Waals surface area contributed by atoms with E-state index in [4.69, 9.17) is 4.74 Å². The van der Waals surface area contributed by atoms with E-state index in [1.165, 1.54) is 4.90 Å². The van der Waals surface area contributed by atoms with Crippen LogP contribution in [0.1, 0.15) is 46.0 Å². The molecular weight excluding hydrogens is 322 g/mol. The molecule has 0 bridgehead atoms. The molecule has 1 aromatic rings. The molecule has 1 saturated heterocycles. The lowest BCUT2D eigenvalue weighted by Gasteiger charge is -2.10. The average Bonchev–Trinajstić information content (AvgIpc) is 3.22. The first-order valence-corrected chi connectivity index (χ1v) is 7.71. The van der Waals surface area contributed by atoms with E-state index in [1.54, 1.807) is 6.07 Å². The van der Waals surface area contributed by atoms with Crippen LogP contribution in [0.15, 0.2) is 16.6 Å². The van der Waals surface area contributed by atoms with E-state index in [1.807, 2.05) is 6.07 Å². The number of carbonyl (C=O) groups excluding carboxylic acids is 2. The molecule has 20 heavy (non-hydrogen) atoms.